The van der Waals surface area contributed by atoms with Gasteiger partial charge < -0.3 is 0 Å². The van der Waals surface area contributed by atoms with Crippen molar-refractivity contribution in [2.75, 3.05) is 0 Å². The van der Waals surface area contributed by atoms with Crippen LogP contribution in [0.1, 0.15) is 42.8 Å². The zero-order valence-electron chi connectivity index (χ0n) is 16.3. The minimum atomic E-state index is -0.355. The molecule has 0 radical (unpaired) electrons. The van der Waals surface area contributed by atoms with E-state index in [4.69, 9.17) is 0 Å². The predicted molar refractivity (Wildman–Crippen MR) is 101 cm³/mol. The van der Waals surface area contributed by atoms with E-state index in [-0.39, 0.29) is 30.5 Å². The molecule has 0 atom stereocenters. The molecule has 2 rings (SSSR count). The van der Waals surface area contributed by atoms with Crippen molar-refractivity contribution in [2.24, 2.45) is 5.92 Å². The maximum absolute atomic E-state index is 12.9. The molecule has 0 saturated heterocycles. The summed E-state index contributed by atoms with van der Waals surface area (Å²) in [6.45, 7) is 9.08. The lowest BCUT2D eigenvalue weighted by Crippen LogP contribution is -2.42. The molecule has 0 fully saturated rings. The van der Waals surface area contributed by atoms with E-state index in [1.165, 1.54) is 24.3 Å². The minimum absolute atomic E-state index is 0.0702. The van der Waals surface area contributed by atoms with Crippen molar-refractivity contribution in [1.29, 1.82) is 0 Å². The number of nitrogens with one attached hydrogen (secondary N) is 2. The summed E-state index contributed by atoms with van der Waals surface area (Å²) < 4.78 is 14.8. The summed E-state index contributed by atoms with van der Waals surface area (Å²) >= 11 is 0. The first kappa shape index (κ1) is 20.6. The Kier molecular flexibility index (Phi) is 7.10. The molecule has 0 unspecified atom stereocenters. The zero-order chi connectivity index (χ0) is 20.0. The highest BCUT2D eigenvalue weighted by Crippen LogP contribution is 2.16. The van der Waals surface area contributed by atoms with E-state index in [9.17, 15) is 14.0 Å². The van der Waals surface area contributed by atoms with Gasteiger partial charge in [-0.25, -0.2) is 4.39 Å². The average molecular weight is 374 g/mol. The van der Waals surface area contributed by atoms with Gasteiger partial charge in [0.05, 0.1) is 12.1 Å². The van der Waals surface area contributed by atoms with Gasteiger partial charge in [0, 0.05) is 18.7 Å². The summed E-state index contributed by atoms with van der Waals surface area (Å²) in [7, 11) is 0. The largest absolute Gasteiger partial charge is 0.273 e. The van der Waals surface area contributed by atoms with Crippen LogP contribution in [0, 0.1) is 25.6 Å². The van der Waals surface area contributed by atoms with Crippen LogP contribution in [0.3, 0.4) is 0 Å². The Bertz CT molecular complexity index is 797. The molecule has 0 saturated carbocycles. The molecule has 2 N–H and O–H groups in total. The molecule has 7 heteroatoms. The number of rotatable bonds is 7. The van der Waals surface area contributed by atoms with E-state index < -0.39 is 0 Å². The molecule has 0 spiro atoms. The molecular formula is C20H27FN4O2. The Morgan fingerprint density at radius 1 is 1.11 bits per heavy atom. The van der Waals surface area contributed by atoms with Gasteiger partial charge in [0.2, 0.25) is 11.8 Å². The van der Waals surface area contributed by atoms with Crippen LogP contribution in [-0.2, 0) is 29.0 Å². The first-order valence-corrected chi connectivity index (χ1v) is 9.11. The minimum Gasteiger partial charge on any atom is -0.273 e. The van der Waals surface area contributed by atoms with Gasteiger partial charge >= 0.3 is 0 Å². The van der Waals surface area contributed by atoms with Crippen LogP contribution in [0.4, 0.5) is 4.39 Å². The molecular weight excluding hydrogens is 347 g/mol. The number of hydrazine groups is 1. The number of carbonyl (C=O) groups is 2. The maximum Gasteiger partial charge on any atom is 0.242 e. The average Bonchev–Trinajstić information content (AvgIpc) is 2.86. The number of hydrogen-bond donors (Lipinski definition) is 2. The monoisotopic (exact) mass is 374 g/mol. The third-order valence-electron chi connectivity index (χ3n) is 4.29. The van der Waals surface area contributed by atoms with Crippen LogP contribution >= 0.6 is 0 Å². The van der Waals surface area contributed by atoms with Crippen molar-refractivity contribution in [1.82, 2.24) is 20.6 Å². The molecule has 0 aliphatic heterocycles. The van der Waals surface area contributed by atoms with Crippen molar-refractivity contribution in [3.63, 3.8) is 0 Å². The van der Waals surface area contributed by atoms with E-state index in [2.05, 4.69) is 29.8 Å². The van der Waals surface area contributed by atoms with Crippen molar-refractivity contribution in [2.45, 2.75) is 53.5 Å². The number of amides is 2. The van der Waals surface area contributed by atoms with Crippen LogP contribution in [0.2, 0.25) is 0 Å². The molecule has 6 nitrogen and oxygen atoms in total. The van der Waals surface area contributed by atoms with Crippen LogP contribution < -0.4 is 10.9 Å². The van der Waals surface area contributed by atoms with E-state index in [0.717, 1.165) is 23.5 Å². The summed E-state index contributed by atoms with van der Waals surface area (Å²) in [5.74, 6) is -0.477. The molecule has 1 aromatic heterocycles. The van der Waals surface area contributed by atoms with Crippen LogP contribution in [-0.4, -0.2) is 21.6 Å². The molecule has 146 valence electrons. The number of halogens is 1. The quantitative estimate of drug-likeness (QED) is 0.732. The van der Waals surface area contributed by atoms with Crippen LogP contribution in [0.15, 0.2) is 24.3 Å². The highest BCUT2D eigenvalue weighted by molar-refractivity contribution is 5.83. The van der Waals surface area contributed by atoms with Gasteiger partial charge in [0.15, 0.2) is 0 Å². The van der Waals surface area contributed by atoms with E-state index in [1.54, 1.807) is 0 Å². The highest BCUT2D eigenvalue weighted by Gasteiger charge is 2.14. The van der Waals surface area contributed by atoms with Gasteiger partial charge in [-0.1, -0.05) is 26.0 Å². The van der Waals surface area contributed by atoms with Gasteiger partial charge in [0.1, 0.15) is 5.82 Å². The molecule has 1 heterocycles. The second-order valence-electron chi connectivity index (χ2n) is 7.12. The lowest BCUT2D eigenvalue weighted by molar-refractivity contribution is -0.128. The van der Waals surface area contributed by atoms with Gasteiger partial charge in [-0.05, 0) is 49.4 Å². The van der Waals surface area contributed by atoms with Crippen LogP contribution in [0.5, 0.6) is 0 Å². The first-order valence-electron chi connectivity index (χ1n) is 9.11. The lowest BCUT2D eigenvalue weighted by atomic mass is 10.1. The smallest absolute Gasteiger partial charge is 0.242 e. The van der Waals surface area contributed by atoms with Gasteiger partial charge in [-0.15, -0.1) is 0 Å². The van der Waals surface area contributed by atoms with Crippen LogP contribution in [0.25, 0.3) is 0 Å². The molecule has 27 heavy (non-hydrogen) atoms. The fourth-order valence-electron chi connectivity index (χ4n) is 2.89. The Morgan fingerprint density at radius 2 is 1.74 bits per heavy atom. The van der Waals surface area contributed by atoms with Gasteiger partial charge in [-0.2, -0.15) is 5.10 Å². The maximum atomic E-state index is 12.9. The summed E-state index contributed by atoms with van der Waals surface area (Å²) in [6, 6.07) is 5.67. The molecule has 0 aliphatic carbocycles. The topological polar surface area (TPSA) is 76.0 Å². The summed E-state index contributed by atoms with van der Waals surface area (Å²) in [5.41, 5.74) is 8.57. The number of nitrogens with zero attached hydrogens (tertiary/aromatic N) is 2. The number of hydrogen-bond acceptors (Lipinski definition) is 3. The molecule has 0 aliphatic rings. The Morgan fingerprint density at radius 3 is 2.37 bits per heavy atom. The van der Waals surface area contributed by atoms with E-state index >= 15 is 0 Å². The van der Waals surface area contributed by atoms with Gasteiger partial charge in [0.25, 0.3) is 0 Å². The van der Waals surface area contributed by atoms with Gasteiger partial charge in [-0.3, -0.25) is 25.1 Å². The lowest BCUT2D eigenvalue weighted by Gasteiger charge is -2.09. The van der Waals surface area contributed by atoms with E-state index in [0.29, 0.717) is 17.9 Å². The second-order valence-corrected chi connectivity index (χ2v) is 7.12. The summed E-state index contributed by atoms with van der Waals surface area (Å²) in [5, 5.41) is 4.54. The van der Waals surface area contributed by atoms with Crippen molar-refractivity contribution in [3.8, 4) is 0 Å². The molecule has 0 bridgehead atoms. The number of aromatic nitrogens is 2. The fraction of sp³-hybridized carbons (Fsp3) is 0.450. The third kappa shape index (κ3) is 6.20. The molecule has 2 aromatic rings. The first-order chi connectivity index (χ1) is 12.8. The second kappa shape index (κ2) is 9.30. The SMILES string of the molecule is Cc1nn(CC(C)C)c(C)c1CCC(=O)NNC(=O)Cc1ccc(F)cc1. The Balaban J connectivity index is 1.80. The van der Waals surface area contributed by atoms with Crippen molar-refractivity contribution < 1.29 is 14.0 Å². The number of benzene rings is 1. The molecule has 1 aromatic carbocycles. The third-order valence-corrected chi connectivity index (χ3v) is 4.29. The van der Waals surface area contributed by atoms with E-state index in [1.807, 2.05) is 18.5 Å². The summed E-state index contributed by atoms with van der Waals surface area (Å²) in [4.78, 5) is 23.9. The van der Waals surface area contributed by atoms with Crippen molar-refractivity contribution in [3.05, 3.63) is 52.6 Å². The Labute approximate surface area is 159 Å². The Hall–Kier alpha value is -2.70. The zero-order valence-corrected chi connectivity index (χ0v) is 16.3. The molecule has 2 amide bonds. The van der Waals surface area contributed by atoms with Crippen molar-refractivity contribution >= 4 is 11.8 Å². The summed E-state index contributed by atoms with van der Waals surface area (Å²) in [6.07, 6.45) is 0.891. The number of aryl methyl sites for hydroxylation is 1. The fourth-order valence-corrected chi connectivity index (χ4v) is 2.89. The standard InChI is InChI=1S/C20H27FN4O2/c1-13(2)12-25-15(4)18(14(3)24-25)9-10-19(26)22-23-20(27)11-16-5-7-17(21)8-6-16/h5-8,13H,9-12H2,1-4H3,(H,22,26)(H,23,27). The predicted octanol–water partition coefficient (Wildman–Crippen LogP) is 2.62. The normalized spacial score (nSPS) is 10.9. The highest BCUT2D eigenvalue weighted by atomic mass is 19.1. The number of carbonyl (C=O) groups excluding carboxylic acids is 2.